The van der Waals surface area contributed by atoms with Crippen molar-refractivity contribution in [3.63, 3.8) is 0 Å². The number of nitrogens with zero attached hydrogens (tertiary/aromatic N) is 1. The van der Waals surface area contributed by atoms with Gasteiger partial charge >= 0.3 is 0 Å². The summed E-state index contributed by atoms with van der Waals surface area (Å²) in [5, 5.41) is 0. The molecule has 84 valence electrons. The molecule has 1 atom stereocenters. The number of benzene rings is 1. The Kier molecular flexibility index (Phi) is 4.42. The lowest BCUT2D eigenvalue weighted by Gasteiger charge is -2.20. The van der Waals surface area contributed by atoms with Gasteiger partial charge in [-0.15, -0.1) is 0 Å². The van der Waals surface area contributed by atoms with Gasteiger partial charge in [0.25, 0.3) is 0 Å². The molecule has 0 aliphatic rings. The zero-order valence-electron chi connectivity index (χ0n) is 9.45. The highest BCUT2D eigenvalue weighted by atomic mass is 79.9. The van der Waals surface area contributed by atoms with E-state index in [1.165, 1.54) is 0 Å². The first-order valence-electron chi connectivity index (χ1n) is 4.62. The van der Waals surface area contributed by atoms with E-state index in [0.717, 1.165) is 17.1 Å². The van der Waals surface area contributed by atoms with Crippen LogP contribution in [0.5, 0.6) is 11.5 Å². The summed E-state index contributed by atoms with van der Waals surface area (Å²) in [4.78, 5) is 2.20. The largest absolute Gasteiger partial charge is 0.497 e. The van der Waals surface area contributed by atoms with Gasteiger partial charge in [-0.05, 0) is 26.2 Å². The van der Waals surface area contributed by atoms with E-state index in [1.54, 1.807) is 14.2 Å². The minimum Gasteiger partial charge on any atom is -0.497 e. The van der Waals surface area contributed by atoms with Gasteiger partial charge in [0.15, 0.2) is 0 Å². The molecule has 0 fully saturated rings. The van der Waals surface area contributed by atoms with Crippen LogP contribution in [-0.4, -0.2) is 33.2 Å². The van der Waals surface area contributed by atoms with Gasteiger partial charge in [0.2, 0.25) is 0 Å². The molecule has 1 aromatic rings. The average Bonchev–Trinajstić information content (AvgIpc) is 2.27. The van der Waals surface area contributed by atoms with E-state index in [0.29, 0.717) is 0 Å². The summed E-state index contributed by atoms with van der Waals surface area (Å²) in [5.74, 6) is 1.62. The van der Waals surface area contributed by atoms with Gasteiger partial charge in [0, 0.05) is 11.6 Å². The normalized spacial score (nSPS) is 12.7. The molecule has 0 amide bonds. The van der Waals surface area contributed by atoms with Crippen molar-refractivity contribution in [1.29, 1.82) is 0 Å². The predicted molar refractivity (Wildman–Crippen MR) is 64.9 cm³/mol. The second-order valence-electron chi connectivity index (χ2n) is 3.41. The molecule has 0 aliphatic heterocycles. The second kappa shape index (κ2) is 5.37. The van der Waals surface area contributed by atoms with Crippen LogP contribution in [0.1, 0.15) is 10.5 Å². The molecule has 1 unspecified atom stereocenters. The Balaban J connectivity index is 3.07. The van der Waals surface area contributed by atoms with Crippen molar-refractivity contribution in [1.82, 2.24) is 4.90 Å². The minimum atomic E-state index is 0.137. The molecule has 0 bridgehead atoms. The Morgan fingerprint density at radius 3 is 2.33 bits per heavy atom. The number of hydrogen-bond acceptors (Lipinski definition) is 3. The number of halogens is 1. The van der Waals surface area contributed by atoms with Gasteiger partial charge in [-0.25, -0.2) is 0 Å². The SMILES string of the molecule is COc1ccc(C(Br)N(C)C)c(OC)c1. The first-order valence-corrected chi connectivity index (χ1v) is 5.54. The van der Waals surface area contributed by atoms with Crippen LogP contribution < -0.4 is 9.47 Å². The first kappa shape index (κ1) is 12.3. The van der Waals surface area contributed by atoms with Gasteiger partial charge in [0.1, 0.15) is 11.5 Å². The molecule has 0 saturated heterocycles. The lowest BCUT2D eigenvalue weighted by atomic mass is 10.2. The summed E-state index contributed by atoms with van der Waals surface area (Å²) < 4.78 is 10.5. The molecule has 0 spiro atoms. The fraction of sp³-hybridized carbons (Fsp3) is 0.455. The molecular formula is C11H16BrNO2. The molecule has 1 aromatic carbocycles. The van der Waals surface area contributed by atoms with E-state index < -0.39 is 0 Å². The predicted octanol–water partition coefficient (Wildman–Crippen LogP) is 2.66. The molecule has 0 aliphatic carbocycles. The Bertz CT molecular complexity index is 328. The molecule has 0 N–H and O–H groups in total. The van der Waals surface area contributed by atoms with Gasteiger partial charge in [-0.2, -0.15) is 0 Å². The third-order valence-electron chi connectivity index (χ3n) is 2.15. The van der Waals surface area contributed by atoms with Crippen molar-refractivity contribution in [3.8, 4) is 11.5 Å². The maximum absolute atomic E-state index is 5.32. The van der Waals surface area contributed by atoms with Crippen LogP contribution in [0.4, 0.5) is 0 Å². The van der Waals surface area contributed by atoms with Crippen LogP contribution in [0.15, 0.2) is 18.2 Å². The van der Waals surface area contributed by atoms with E-state index in [9.17, 15) is 0 Å². The van der Waals surface area contributed by atoms with Crippen LogP contribution in [0.2, 0.25) is 0 Å². The number of ether oxygens (including phenoxy) is 2. The molecule has 0 radical (unpaired) electrons. The lowest BCUT2D eigenvalue weighted by Crippen LogP contribution is -2.15. The summed E-state index contributed by atoms with van der Waals surface area (Å²) >= 11 is 3.59. The topological polar surface area (TPSA) is 21.7 Å². The lowest BCUT2D eigenvalue weighted by molar-refractivity contribution is 0.363. The zero-order valence-corrected chi connectivity index (χ0v) is 11.0. The number of methoxy groups -OCH3 is 2. The summed E-state index contributed by atoms with van der Waals surface area (Å²) in [5.41, 5.74) is 1.09. The van der Waals surface area contributed by atoms with Gasteiger partial charge < -0.3 is 9.47 Å². The number of alkyl halides is 1. The van der Waals surface area contributed by atoms with Crippen molar-refractivity contribution in [2.45, 2.75) is 4.95 Å². The third kappa shape index (κ3) is 2.86. The monoisotopic (exact) mass is 273 g/mol. The molecule has 0 heterocycles. The molecule has 0 aromatic heterocycles. The van der Waals surface area contributed by atoms with Crippen LogP contribution in [0.25, 0.3) is 0 Å². The zero-order chi connectivity index (χ0) is 11.4. The van der Waals surface area contributed by atoms with E-state index >= 15 is 0 Å². The van der Waals surface area contributed by atoms with Crippen LogP contribution in [0, 0.1) is 0 Å². The van der Waals surface area contributed by atoms with Gasteiger partial charge in [0.05, 0.1) is 19.2 Å². The smallest absolute Gasteiger partial charge is 0.128 e. The highest BCUT2D eigenvalue weighted by molar-refractivity contribution is 9.09. The summed E-state index contributed by atoms with van der Waals surface area (Å²) in [6.07, 6.45) is 0. The third-order valence-corrected chi connectivity index (χ3v) is 3.46. The van der Waals surface area contributed by atoms with E-state index in [4.69, 9.17) is 9.47 Å². The number of rotatable bonds is 4. The van der Waals surface area contributed by atoms with Gasteiger partial charge in [-0.1, -0.05) is 15.9 Å². The Morgan fingerprint density at radius 1 is 1.20 bits per heavy atom. The summed E-state index contributed by atoms with van der Waals surface area (Å²) in [6.45, 7) is 0. The van der Waals surface area contributed by atoms with Crippen molar-refractivity contribution in [2.75, 3.05) is 28.3 Å². The molecule has 15 heavy (non-hydrogen) atoms. The summed E-state index contributed by atoms with van der Waals surface area (Å²) in [6, 6.07) is 5.81. The highest BCUT2D eigenvalue weighted by Gasteiger charge is 2.15. The summed E-state index contributed by atoms with van der Waals surface area (Å²) in [7, 11) is 7.31. The van der Waals surface area contributed by atoms with E-state index in [-0.39, 0.29) is 4.95 Å². The fourth-order valence-corrected chi connectivity index (χ4v) is 1.67. The Hall–Kier alpha value is -0.740. The molecule has 4 heteroatoms. The quantitative estimate of drug-likeness (QED) is 0.622. The highest BCUT2D eigenvalue weighted by Crippen LogP contribution is 2.34. The Labute approximate surface area is 99.1 Å². The first-order chi connectivity index (χ1) is 7.10. The number of hydrogen-bond donors (Lipinski definition) is 0. The Morgan fingerprint density at radius 2 is 1.87 bits per heavy atom. The van der Waals surface area contributed by atoms with E-state index in [2.05, 4.69) is 20.8 Å². The van der Waals surface area contributed by atoms with Crippen LogP contribution in [0.3, 0.4) is 0 Å². The van der Waals surface area contributed by atoms with Crippen LogP contribution >= 0.6 is 15.9 Å². The van der Waals surface area contributed by atoms with Crippen molar-refractivity contribution >= 4 is 15.9 Å². The fourth-order valence-electron chi connectivity index (χ4n) is 1.29. The van der Waals surface area contributed by atoms with Crippen LogP contribution in [-0.2, 0) is 0 Å². The maximum atomic E-state index is 5.32. The van der Waals surface area contributed by atoms with Crippen molar-refractivity contribution in [2.24, 2.45) is 0 Å². The molecular weight excluding hydrogens is 258 g/mol. The minimum absolute atomic E-state index is 0.137. The molecule has 1 rings (SSSR count). The molecule has 0 saturated carbocycles. The maximum Gasteiger partial charge on any atom is 0.128 e. The standard InChI is InChI=1S/C11H16BrNO2/c1-13(2)11(12)9-6-5-8(14-3)7-10(9)15-4/h5-7,11H,1-4H3. The molecule has 3 nitrogen and oxygen atoms in total. The van der Waals surface area contributed by atoms with Gasteiger partial charge in [-0.3, -0.25) is 4.90 Å². The van der Waals surface area contributed by atoms with Crippen molar-refractivity contribution < 1.29 is 9.47 Å². The average molecular weight is 274 g/mol. The van der Waals surface area contributed by atoms with E-state index in [1.807, 2.05) is 32.3 Å². The van der Waals surface area contributed by atoms with Crippen molar-refractivity contribution in [3.05, 3.63) is 23.8 Å². The second-order valence-corrected chi connectivity index (χ2v) is 4.27.